The molecule has 0 aliphatic heterocycles. The maximum atomic E-state index is 4.74. The molecule has 1 unspecified atom stereocenters. The lowest BCUT2D eigenvalue weighted by Crippen LogP contribution is -2.19. The average Bonchev–Trinajstić information content (AvgIpc) is 2.69. The summed E-state index contributed by atoms with van der Waals surface area (Å²) in [5.74, 6) is 0. The summed E-state index contributed by atoms with van der Waals surface area (Å²) < 4.78 is 0.987. The third-order valence-corrected chi connectivity index (χ3v) is 4.45. The molecule has 1 N–H and O–H groups in total. The van der Waals surface area contributed by atoms with E-state index in [9.17, 15) is 0 Å². The predicted molar refractivity (Wildman–Crippen MR) is 73.2 cm³/mol. The molecule has 16 heavy (non-hydrogen) atoms. The fraction of sp³-hybridized carbons (Fsp3) is 0.583. The highest BCUT2D eigenvalue weighted by atomic mass is 79.9. The Balaban J connectivity index is 2.03. The number of rotatable bonds is 4. The van der Waals surface area contributed by atoms with Crippen LogP contribution in [0.15, 0.2) is 11.1 Å². The summed E-state index contributed by atoms with van der Waals surface area (Å²) in [6.45, 7) is 6.79. The normalized spacial score (nSPS) is 16.9. The Hall–Kier alpha value is -0.190. The van der Waals surface area contributed by atoms with Gasteiger partial charge in [-0.1, -0.05) is 22.5 Å². The minimum absolute atomic E-state index is 0.324. The van der Waals surface area contributed by atoms with Gasteiger partial charge in [-0.15, -0.1) is 11.3 Å². The summed E-state index contributed by atoms with van der Waals surface area (Å²) in [5, 5.41) is 4.63. The quantitative estimate of drug-likeness (QED) is 0.919. The first-order valence-corrected chi connectivity index (χ1v) is 7.33. The molecule has 1 aromatic heterocycles. The molecule has 88 valence electrons. The van der Waals surface area contributed by atoms with Crippen molar-refractivity contribution in [3.8, 4) is 0 Å². The molecular formula is C12H17BrN2S. The number of thiazole rings is 1. The van der Waals surface area contributed by atoms with Crippen molar-refractivity contribution in [1.29, 1.82) is 0 Å². The highest BCUT2D eigenvalue weighted by Gasteiger charge is 2.17. The molecule has 0 saturated heterocycles. The van der Waals surface area contributed by atoms with Gasteiger partial charge in [0.05, 0.1) is 11.7 Å². The minimum Gasteiger partial charge on any atom is -0.304 e. The van der Waals surface area contributed by atoms with Crippen LogP contribution in [0.1, 0.15) is 41.4 Å². The van der Waals surface area contributed by atoms with Crippen molar-refractivity contribution in [1.82, 2.24) is 10.3 Å². The Kier molecular flexibility index (Phi) is 4.16. The number of aryl methyl sites for hydroxylation is 2. The van der Waals surface area contributed by atoms with Crippen LogP contribution in [0.5, 0.6) is 0 Å². The number of fused-ring (bicyclic) bond motifs is 1. The van der Waals surface area contributed by atoms with Gasteiger partial charge in [0, 0.05) is 15.9 Å². The van der Waals surface area contributed by atoms with Gasteiger partial charge in [0.15, 0.2) is 0 Å². The van der Waals surface area contributed by atoms with Crippen molar-refractivity contribution in [2.75, 3.05) is 6.54 Å². The van der Waals surface area contributed by atoms with Crippen LogP contribution >= 0.6 is 27.3 Å². The van der Waals surface area contributed by atoms with Crippen LogP contribution in [-0.4, -0.2) is 11.5 Å². The zero-order chi connectivity index (χ0) is 11.5. The van der Waals surface area contributed by atoms with Gasteiger partial charge in [-0.25, -0.2) is 4.98 Å². The van der Waals surface area contributed by atoms with Crippen LogP contribution in [0, 0.1) is 0 Å². The number of hydrogen-bond acceptors (Lipinski definition) is 3. The second-order valence-electron chi connectivity index (χ2n) is 4.25. The molecule has 2 rings (SSSR count). The Morgan fingerprint density at radius 2 is 2.31 bits per heavy atom. The molecule has 2 nitrogen and oxygen atoms in total. The van der Waals surface area contributed by atoms with Crippen LogP contribution in [-0.2, 0) is 12.8 Å². The Bertz CT molecular complexity index is 363. The second-order valence-corrected chi connectivity index (χ2v) is 6.49. The smallest absolute Gasteiger partial charge is 0.110 e. The third kappa shape index (κ3) is 2.93. The van der Waals surface area contributed by atoms with Gasteiger partial charge in [0.25, 0.3) is 0 Å². The number of hydrogen-bond donors (Lipinski definition) is 1. The van der Waals surface area contributed by atoms with Gasteiger partial charge < -0.3 is 5.32 Å². The van der Waals surface area contributed by atoms with Gasteiger partial charge in [-0.05, 0) is 32.6 Å². The van der Waals surface area contributed by atoms with Crippen molar-refractivity contribution >= 4 is 27.3 Å². The summed E-state index contributed by atoms with van der Waals surface area (Å²) in [7, 11) is 0. The van der Waals surface area contributed by atoms with Crippen molar-refractivity contribution in [2.24, 2.45) is 0 Å². The summed E-state index contributed by atoms with van der Waals surface area (Å²) in [6, 6.07) is 0.324. The largest absolute Gasteiger partial charge is 0.304 e. The van der Waals surface area contributed by atoms with Crippen LogP contribution in [0.3, 0.4) is 0 Å². The van der Waals surface area contributed by atoms with Gasteiger partial charge in [0.1, 0.15) is 5.01 Å². The molecule has 0 saturated carbocycles. The molecular weight excluding hydrogens is 284 g/mol. The number of nitrogens with one attached hydrogen (secondary N) is 1. The lowest BCUT2D eigenvalue weighted by Gasteiger charge is -2.09. The maximum absolute atomic E-state index is 4.74. The van der Waals surface area contributed by atoms with Gasteiger partial charge in [-0.3, -0.25) is 0 Å². The molecule has 1 aromatic rings. The fourth-order valence-corrected chi connectivity index (χ4v) is 3.25. The summed E-state index contributed by atoms with van der Waals surface area (Å²) in [6.07, 6.45) is 5.03. The van der Waals surface area contributed by atoms with E-state index in [1.807, 2.05) is 11.3 Å². The van der Waals surface area contributed by atoms with E-state index in [2.05, 4.69) is 34.7 Å². The number of aromatic nitrogens is 1. The summed E-state index contributed by atoms with van der Waals surface area (Å²) in [5.41, 5.74) is 1.34. The highest BCUT2D eigenvalue weighted by molar-refractivity contribution is 9.11. The Morgan fingerprint density at radius 1 is 1.56 bits per heavy atom. The van der Waals surface area contributed by atoms with Crippen molar-refractivity contribution in [3.63, 3.8) is 0 Å². The van der Waals surface area contributed by atoms with Gasteiger partial charge in [0.2, 0.25) is 0 Å². The van der Waals surface area contributed by atoms with Gasteiger partial charge >= 0.3 is 0 Å². The monoisotopic (exact) mass is 300 g/mol. The lowest BCUT2D eigenvalue weighted by atomic mass is 10.0. The second kappa shape index (κ2) is 5.43. The van der Waals surface area contributed by atoms with Crippen molar-refractivity contribution in [3.05, 3.63) is 26.6 Å². The molecule has 0 fully saturated rings. The Morgan fingerprint density at radius 3 is 3.00 bits per heavy atom. The molecule has 0 bridgehead atoms. The van der Waals surface area contributed by atoms with E-state index in [1.54, 1.807) is 0 Å². The standard InChI is InChI=1S/C12H17BrN2S/c1-8(13)7-14-9(2)12-15-10-5-3-4-6-11(10)16-12/h9,14H,1,3-7H2,2H3. The molecule has 1 aliphatic carbocycles. The first-order valence-electron chi connectivity index (χ1n) is 5.72. The van der Waals surface area contributed by atoms with Crippen molar-refractivity contribution < 1.29 is 0 Å². The first kappa shape index (κ1) is 12.3. The molecule has 0 aromatic carbocycles. The molecule has 0 radical (unpaired) electrons. The molecule has 1 aliphatic rings. The molecule has 1 heterocycles. The van der Waals surface area contributed by atoms with E-state index in [1.165, 1.54) is 41.3 Å². The van der Waals surface area contributed by atoms with Crippen molar-refractivity contribution in [2.45, 2.75) is 38.6 Å². The molecule has 1 atom stereocenters. The summed E-state index contributed by atoms with van der Waals surface area (Å²) in [4.78, 5) is 6.25. The summed E-state index contributed by atoms with van der Waals surface area (Å²) >= 11 is 5.23. The zero-order valence-electron chi connectivity index (χ0n) is 9.55. The fourth-order valence-electron chi connectivity index (χ4n) is 1.91. The van der Waals surface area contributed by atoms with E-state index in [4.69, 9.17) is 4.98 Å². The zero-order valence-corrected chi connectivity index (χ0v) is 12.0. The minimum atomic E-state index is 0.324. The maximum Gasteiger partial charge on any atom is 0.110 e. The van der Waals surface area contributed by atoms with E-state index in [0.717, 1.165) is 11.0 Å². The van der Waals surface area contributed by atoms with E-state index in [-0.39, 0.29) is 0 Å². The predicted octanol–water partition coefficient (Wildman–Crippen LogP) is 3.58. The SMILES string of the molecule is C=C(Br)CNC(C)c1nc2c(s1)CCCC2. The molecule has 4 heteroatoms. The molecule has 0 spiro atoms. The van der Waals surface area contributed by atoms with Crippen LogP contribution < -0.4 is 5.32 Å². The number of halogens is 1. The Labute approximate surface area is 109 Å². The highest BCUT2D eigenvalue weighted by Crippen LogP contribution is 2.29. The van der Waals surface area contributed by atoms with Crippen LogP contribution in [0.2, 0.25) is 0 Å². The van der Waals surface area contributed by atoms with Gasteiger partial charge in [-0.2, -0.15) is 0 Å². The topological polar surface area (TPSA) is 24.9 Å². The molecule has 0 amide bonds. The van der Waals surface area contributed by atoms with Crippen LogP contribution in [0.4, 0.5) is 0 Å². The third-order valence-electron chi connectivity index (χ3n) is 2.83. The van der Waals surface area contributed by atoms with E-state index < -0.39 is 0 Å². The number of nitrogens with zero attached hydrogens (tertiary/aromatic N) is 1. The average molecular weight is 301 g/mol. The van der Waals surface area contributed by atoms with E-state index >= 15 is 0 Å². The van der Waals surface area contributed by atoms with E-state index in [0.29, 0.717) is 6.04 Å². The van der Waals surface area contributed by atoms with Crippen LogP contribution in [0.25, 0.3) is 0 Å². The first-order chi connectivity index (χ1) is 7.66. The lowest BCUT2D eigenvalue weighted by molar-refractivity contribution is 0.606.